The topological polar surface area (TPSA) is 106 Å². The van der Waals surface area contributed by atoms with Gasteiger partial charge >= 0.3 is 6.03 Å². The summed E-state index contributed by atoms with van der Waals surface area (Å²) >= 11 is 0. The molecule has 1 aromatic heterocycles. The first-order valence-corrected chi connectivity index (χ1v) is 8.22. The summed E-state index contributed by atoms with van der Waals surface area (Å²) in [6.07, 6.45) is 4.28. The Bertz CT molecular complexity index is 788. The van der Waals surface area contributed by atoms with Gasteiger partial charge in [-0.15, -0.1) is 10.2 Å². The minimum atomic E-state index is -0.495. The van der Waals surface area contributed by atoms with Crippen LogP contribution in [-0.2, 0) is 19.5 Å². The number of aromatic nitrogens is 3. The Labute approximate surface area is 144 Å². The molecule has 1 aliphatic rings. The maximum absolute atomic E-state index is 12.3. The number of nitro groups is 1. The number of anilines is 1. The van der Waals surface area contributed by atoms with Gasteiger partial charge in [0.25, 0.3) is 5.69 Å². The van der Waals surface area contributed by atoms with E-state index in [1.165, 1.54) is 29.5 Å². The lowest BCUT2D eigenvalue weighted by Gasteiger charge is -2.18. The first-order chi connectivity index (χ1) is 12.0. The molecule has 0 radical (unpaired) electrons. The normalized spacial score (nSPS) is 13.6. The number of hydrogen-bond acceptors (Lipinski definition) is 5. The zero-order valence-corrected chi connectivity index (χ0v) is 14.0. The summed E-state index contributed by atoms with van der Waals surface area (Å²) in [5.74, 6) is 1.73. The monoisotopic (exact) mass is 344 g/mol. The average molecular weight is 344 g/mol. The van der Waals surface area contributed by atoms with Gasteiger partial charge in [0, 0.05) is 37.8 Å². The number of nitrogens with zero attached hydrogens (tertiary/aromatic N) is 5. The van der Waals surface area contributed by atoms with Gasteiger partial charge in [-0.1, -0.05) is 12.5 Å². The number of aryl methyl sites for hydroxylation is 1. The molecule has 2 heterocycles. The maximum Gasteiger partial charge on any atom is 0.321 e. The molecular formula is C16H20N6O3. The number of hydrogen-bond donors (Lipinski definition) is 1. The van der Waals surface area contributed by atoms with Gasteiger partial charge in [0.15, 0.2) is 5.82 Å². The molecule has 9 heteroatoms. The number of urea groups is 1. The van der Waals surface area contributed by atoms with Crippen molar-refractivity contribution in [1.29, 1.82) is 0 Å². The van der Waals surface area contributed by atoms with Gasteiger partial charge < -0.3 is 14.8 Å². The van der Waals surface area contributed by atoms with E-state index in [0.717, 1.165) is 37.5 Å². The number of amides is 2. The molecule has 0 spiro atoms. The molecule has 0 unspecified atom stereocenters. The molecule has 0 fully saturated rings. The van der Waals surface area contributed by atoms with Crippen molar-refractivity contribution < 1.29 is 9.72 Å². The minimum absolute atomic E-state index is 0.0665. The van der Waals surface area contributed by atoms with Crippen LogP contribution in [0.2, 0.25) is 0 Å². The van der Waals surface area contributed by atoms with Crippen LogP contribution in [0, 0.1) is 10.1 Å². The highest BCUT2D eigenvalue weighted by Gasteiger charge is 2.18. The zero-order valence-electron chi connectivity index (χ0n) is 14.0. The smallest absolute Gasteiger partial charge is 0.320 e. The highest BCUT2D eigenvalue weighted by Crippen LogP contribution is 2.18. The summed E-state index contributed by atoms with van der Waals surface area (Å²) in [4.78, 5) is 24.1. The number of non-ortho nitro benzene ring substituents is 1. The number of nitrogens with one attached hydrogen (secondary N) is 1. The van der Waals surface area contributed by atoms with Crippen molar-refractivity contribution in [2.75, 3.05) is 12.4 Å². The van der Waals surface area contributed by atoms with Crippen molar-refractivity contribution in [1.82, 2.24) is 19.7 Å². The predicted octanol–water partition coefficient (Wildman–Crippen LogP) is 2.58. The van der Waals surface area contributed by atoms with Gasteiger partial charge in [0.2, 0.25) is 0 Å². The number of carbonyl (C=O) groups excluding carboxylic acids is 1. The summed E-state index contributed by atoms with van der Waals surface area (Å²) in [5, 5.41) is 21.9. The predicted molar refractivity (Wildman–Crippen MR) is 91.2 cm³/mol. The van der Waals surface area contributed by atoms with Gasteiger partial charge in [-0.2, -0.15) is 0 Å². The molecule has 2 aromatic rings. The Morgan fingerprint density at radius 2 is 2.20 bits per heavy atom. The van der Waals surface area contributed by atoms with E-state index in [1.807, 2.05) is 0 Å². The van der Waals surface area contributed by atoms with E-state index in [9.17, 15) is 14.9 Å². The lowest BCUT2D eigenvalue weighted by molar-refractivity contribution is -0.384. The quantitative estimate of drug-likeness (QED) is 0.678. The summed E-state index contributed by atoms with van der Waals surface area (Å²) in [5.41, 5.74) is 0.314. The highest BCUT2D eigenvalue weighted by molar-refractivity contribution is 5.89. The third kappa shape index (κ3) is 3.93. The van der Waals surface area contributed by atoms with E-state index in [-0.39, 0.29) is 11.7 Å². The number of carbonyl (C=O) groups is 1. The second kappa shape index (κ2) is 7.29. The molecule has 0 saturated carbocycles. The third-order valence-corrected chi connectivity index (χ3v) is 4.22. The van der Waals surface area contributed by atoms with Crippen LogP contribution in [0.1, 0.15) is 30.9 Å². The van der Waals surface area contributed by atoms with Crippen LogP contribution < -0.4 is 5.32 Å². The molecular weight excluding hydrogens is 324 g/mol. The first kappa shape index (κ1) is 16.9. The van der Waals surface area contributed by atoms with Crippen molar-refractivity contribution in [2.45, 2.75) is 38.8 Å². The van der Waals surface area contributed by atoms with Crippen LogP contribution in [-0.4, -0.2) is 37.7 Å². The molecule has 0 aliphatic carbocycles. The molecule has 3 rings (SSSR count). The van der Waals surface area contributed by atoms with E-state index in [4.69, 9.17) is 0 Å². The van der Waals surface area contributed by atoms with Crippen molar-refractivity contribution in [3.8, 4) is 0 Å². The fraction of sp³-hybridized carbons (Fsp3) is 0.438. The molecule has 1 N–H and O–H groups in total. The molecule has 2 amide bonds. The number of fused-ring (bicyclic) bond motifs is 1. The van der Waals surface area contributed by atoms with Crippen molar-refractivity contribution in [3.63, 3.8) is 0 Å². The lowest BCUT2D eigenvalue weighted by atomic mass is 10.2. The molecule has 25 heavy (non-hydrogen) atoms. The Hall–Kier alpha value is -2.97. The van der Waals surface area contributed by atoms with Crippen LogP contribution in [0.4, 0.5) is 16.2 Å². The molecule has 0 saturated heterocycles. The van der Waals surface area contributed by atoms with E-state index in [2.05, 4.69) is 20.1 Å². The van der Waals surface area contributed by atoms with Crippen LogP contribution >= 0.6 is 0 Å². The Balaban J connectivity index is 1.66. The number of benzene rings is 1. The maximum atomic E-state index is 12.3. The zero-order chi connectivity index (χ0) is 17.8. The lowest BCUT2D eigenvalue weighted by Crippen LogP contribution is -2.32. The van der Waals surface area contributed by atoms with Gasteiger partial charge in [-0.05, 0) is 18.9 Å². The molecule has 132 valence electrons. The van der Waals surface area contributed by atoms with Crippen molar-refractivity contribution in [3.05, 3.63) is 46.0 Å². The van der Waals surface area contributed by atoms with E-state index < -0.39 is 4.92 Å². The molecule has 1 aliphatic heterocycles. The van der Waals surface area contributed by atoms with Crippen LogP contribution in [0.25, 0.3) is 0 Å². The summed E-state index contributed by atoms with van der Waals surface area (Å²) < 4.78 is 2.09. The summed E-state index contributed by atoms with van der Waals surface area (Å²) in [7, 11) is 1.66. The second-order valence-corrected chi connectivity index (χ2v) is 6.09. The standard InChI is InChI=1S/C16H20N6O3/c1-20(11-15-19-18-14-8-3-2-4-9-21(14)15)16(23)17-12-6-5-7-13(10-12)22(24)25/h5-7,10H,2-4,8-9,11H2,1H3,(H,17,23). The van der Waals surface area contributed by atoms with Crippen molar-refractivity contribution >= 4 is 17.4 Å². The average Bonchev–Trinajstić information content (AvgIpc) is 2.81. The van der Waals surface area contributed by atoms with Gasteiger partial charge in [0.05, 0.1) is 11.5 Å². The SMILES string of the molecule is CN(Cc1nnc2n1CCCCC2)C(=O)Nc1cccc([N+](=O)[O-])c1. The van der Waals surface area contributed by atoms with E-state index in [0.29, 0.717) is 12.2 Å². The van der Waals surface area contributed by atoms with Gasteiger partial charge in [-0.25, -0.2) is 4.79 Å². The first-order valence-electron chi connectivity index (χ1n) is 8.22. The van der Waals surface area contributed by atoms with E-state index in [1.54, 1.807) is 13.1 Å². The minimum Gasteiger partial charge on any atom is -0.320 e. The van der Waals surface area contributed by atoms with Crippen LogP contribution in [0.3, 0.4) is 0 Å². The third-order valence-electron chi connectivity index (χ3n) is 4.22. The fourth-order valence-corrected chi connectivity index (χ4v) is 2.86. The molecule has 1 aromatic carbocycles. The fourth-order valence-electron chi connectivity index (χ4n) is 2.86. The molecule has 0 atom stereocenters. The van der Waals surface area contributed by atoms with Gasteiger partial charge in [-0.3, -0.25) is 10.1 Å². The summed E-state index contributed by atoms with van der Waals surface area (Å²) in [6, 6.07) is 5.50. The number of nitro benzene ring substituents is 1. The summed E-state index contributed by atoms with van der Waals surface area (Å²) in [6.45, 7) is 1.20. The van der Waals surface area contributed by atoms with Gasteiger partial charge in [0.1, 0.15) is 5.82 Å². The van der Waals surface area contributed by atoms with Crippen LogP contribution in [0.5, 0.6) is 0 Å². The molecule has 0 bridgehead atoms. The second-order valence-electron chi connectivity index (χ2n) is 6.09. The highest BCUT2D eigenvalue weighted by atomic mass is 16.6. The Morgan fingerprint density at radius 3 is 3.00 bits per heavy atom. The number of rotatable bonds is 4. The van der Waals surface area contributed by atoms with E-state index >= 15 is 0 Å². The molecule has 9 nitrogen and oxygen atoms in total. The Morgan fingerprint density at radius 1 is 1.36 bits per heavy atom. The van der Waals surface area contributed by atoms with Crippen molar-refractivity contribution in [2.24, 2.45) is 0 Å². The Kier molecular flexibility index (Phi) is 4.92. The largest absolute Gasteiger partial charge is 0.321 e. The van der Waals surface area contributed by atoms with Crippen LogP contribution in [0.15, 0.2) is 24.3 Å².